The quantitative estimate of drug-likeness (QED) is 0.477. The molecule has 0 radical (unpaired) electrons. The van der Waals surface area contributed by atoms with Crippen LogP contribution < -0.4 is 5.73 Å². The average molecular weight is 147 g/mol. The van der Waals surface area contributed by atoms with E-state index in [1.807, 2.05) is 13.8 Å². The second kappa shape index (κ2) is 11.3. The lowest BCUT2D eigenvalue weighted by molar-refractivity contribution is -0.140. The molecule has 0 heterocycles. The molecule has 0 aliphatic heterocycles. The Hall–Kier alpha value is -0.570. The highest BCUT2D eigenvalue weighted by molar-refractivity contribution is 5.65. The van der Waals surface area contributed by atoms with E-state index >= 15 is 0 Å². The van der Waals surface area contributed by atoms with Gasteiger partial charge in [0.1, 0.15) is 0 Å². The van der Waals surface area contributed by atoms with E-state index in [0.29, 0.717) is 13.2 Å². The van der Waals surface area contributed by atoms with Crippen LogP contribution in [-0.4, -0.2) is 19.1 Å². The van der Waals surface area contributed by atoms with E-state index in [9.17, 15) is 4.79 Å². The Morgan fingerprint density at radius 1 is 1.50 bits per heavy atom. The van der Waals surface area contributed by atoms with E-state index in [1.165, 1.54) is 6.92 Å². The monoisotopic (exact) mass is 147 g/mol. The summed E-state index contributed by atoms with van der Waals surface area (Å²) in [5.74, 6) is -0.238. The van der Waals surface area contributed by atoms with E-state index in [2.05, 4.69) is 4.74 Å². The zero-order chi connectivity index (χ0) is 8.41. The van der Waals surface area contributed by atoms with Gasteiger partial charge in [-0.05, 0) is 13.0 Å². The summed E-state index contributed by atoms with van der Waals surface area (Å²) in [5.41, 5.74) is 5.12. The molecular formula is C7H17NO2. The summed E-state index contributed by atoms with van der Waals surface area (Å²) in [7, 11) is 0. The van der Waals surface area contributed by atoms with Gasteiger partial charge in [0.05, 0.1) is 6.61 Å². The number of ether oxygens (including phenoxy) is 1. The maximum Gasteiger partial charge on any atom is 0.302 e. The topological polar surface area (TPSA) is 52.3 Å². The van der Waals surface area contributed by atoms with Gasteiger partial charge in [0.25, 0.3) is 0 Å². The lowest BCUT2D eigenvalue weighted by Gasteiger charge is -1.96. The standard InChI is InChI=1S/C5H11NO2.C2H6/c1-5(7)8-4-2-3-6;1-2/h2-4,6H2,1H3;1-2H3. The molecule has 0 aliphatic rings. The maximum atomic E-state index is 10.1. The fourth-order valence-corrected chi connectivity index (χ4v) is 0.299. The van der Waals surface area contributed by atoms with Crippen LogP contribution in [-0.2, 0) is 9.53 Å². The number of rotatable bonds is 3. The first-order chi connectivity index (χ1) is 4.77. The van der Waals surface area contributed by atoms with Crippen molar-refractivity contribution in [1.29, 1.82) is 0 Å². The summed E-state index contributed by atoms with van der Waals surface area (Å²) in [6.45, 7) is 6.41. The van der Waals surface area contributed by atoms with E-state index in [0.717, 1.165) is 6.42 Å². The van der Waals surface area contributed by atoms with Crippen LogP contribution in [0.15, 0.2) is 0 Å². The van der Waals surface area contributed by atoms with Gasteiger partial charge < -0.3 is 10.5 Å². The smallest absolute Gasteiger partial charge is 0.302 e. The van der Waals surface area contributed by atoms with Crippen LogP contribution in [0, 0.1) is 0 Å². The molecule has 10 heavy (non-hydrogen) atoms. The molecule has 62 valence electrons. The third-order valence-corrected chi connectivity index (χ3v) is 0.654. The van der Waals surface area contributed by atoms with Crippen molar-refractivity contribution in [3.05, 3.63) is 0 Å². The Labute approximate surface area is 62.5 Å². The molecule has 0 bridgehead atoms. The molecule has 0 saturated heterocycles. The number of hydrogen-bond acceptors (Lipinski definition) is 3. The summed E-state index contributed by atoms with van der Waals surface area (Å²) >= 11 is 0. The maximum absolute atomic E-state index is 10.1. The molecular weight excluding hydrogens is 130 g/mol. The van der Waals surface area contributed by atoms with Gasteiger partial charge in [0.2, 0.25) is 0 Å². The summed E-state index contributed by atoms with van der Waals surface area (Å²) in [6.07, 6.45) is 0.750. The largest absolute Gasteiger partial charge is 0.466 e. The minimum Gasteiger partial charge on any atom is -0.466 e. The highest BCUT2D eigenvalue weighted by Gasteiger charge is 1.88. The van der Waals surface area contributed by atoms with Gasteiger partial charge in [-0.3, -0.25) is 4.79 Å². The van der Waals surface area contributed by atoms with Crippen molar-refractivity contribution in [2.45, 2.75) is 27.2 Å². The van der Waals surface area contributed by atoms with E-state index in [4.69, 9.17) is 5.73 Å². The highest BCUT2D eigenvalue weighted by Crippen LogP contribution is 1.78. The predicted molar refractivity (Wildman–Crippen MR) is 41.7 cm³/mol. The molecule has 0 fully saturated rings. The minimum absolute atomic E-state index is 0.238. The molecule has 2 N–H and O–H groups in total. The average Bonchev–Trinajstić information content (AvgIpc) is 1.92. The summed E-state index contributed by atoms with van der Waals surface area (Å²) < 4.78 is 4.56. The molecule has 0 rings (SSSR count). The third-order valence-electron chi connectivity index (χ3n) is 0.654. The molecule has 0 aromatic heterocycles. The first-order valence-electron chi connectivity index (χ1n) is 3.61. The molecule has 0 aliphatic carbocycles. The van der Waals surface area contributed by atoms with Crippen LogP contribution in [0.25, 0.3) is 0 Å². The Balaban J connectivity index is 0. The molecule has 0 aromatic rings. The zero-order valence-corrected chi connectivity index (χ0v) is 7.02. The molecule has 3 nitrogen and oxygen atoms in total. The Bertz CT molecular complexity index is 74.0. The van der Waals surface area contributed by atoms with Crippen molar-refractivity contribution >= 4 is 5.97 Å². The van der Waals surface area contributed by atoms with Crippen molar-refractivity contribution < 1.29 is 9.53 Å². The number of nitrogens with two attached hydrogens (primary N) is 1. The first kappa shape index (κ1) is 12.1. The van der Waals surface area contributed by atoms with Crippen LogP contribution >= 0.6 is 0 Å². The molecule has 3 heteroatoms. The van der Waals surface area contributed by atoms with Crippen molar-refractivity contribution in [1.82, 2.24) is 0 Å². The van der Waals surface area contributed by atoms with Crippen LogP contribution in [0.1, 0.15) is 27.2 Å². The summed E-state index contributed by atoms with van der Waals surface area (Å²) in [6, 6.07) is 0. The Morgan fingerprint density at radius 3 is 2.30 bits per heavy atom. The van der Waals surface area contributed by atoms with Crippen molar-refractivity contribution in [2.24, 2.45) is 5.73 Å². The van der Waals surface area contributed by atoms with Crippen LogP contribution in [0.3, 0.4) is 0 Å². The van der Waals surface area contributed by atoms with E-state index < -0.39 is 0 Å². The summed E-state index contributed by atoms with van der Waals surface area (Å²) in [5, 5.41) is 0. The lowest BCUT2D eigenvalue weighted by Crippen LogP contribution is -2.06. The number of carbonyl (C=O) groups is 1. The summed E-state index contributed by atoms with van der Waals surface area (Å²) in [4.78, 5) is 10.1. The highest BCUT2D eigenvalue weighted by atomic mass is 16.5. The number of esters is 1. The number of carbonyl (C=O) groups excluding carboxylic acids is 1. The van der Waals surface area contributed by atoms with Crippen molar-refractivity contribution in [3.8, 4) is 0 Å². The predicted octanol–water partition coefficient (Wildman–Crippen LogP) is 0.924. The first-order valence-corrected chi connectivity index (χ1v) is 3.61. The Kier molecular flexibility index (Phi) is 13.7. The second-order valence-electron chi connectivity index (χ2n) is 1.48. The second-order valence-corrected chi connectivity index (χ2v) is 1.48. The molecule has 0 amide bonds. The minimum atomic E-state index is -0.238. The van der Waals surface area contributed by atoms with Gasteiger partial charge in [0, 0.05) is 6.92 Å². The van der Waals surface area contributed by atoms with Crippen molar-refractivity contribution in [2.75, 3.05) is 13.2 Å². The molecule has 0 saturated carbocycles. The van der Waals surface area contributed by atoms with E-state index in [1.54, 1.807) is 0 Å². The molecule has 0 aromatic carbocycles. The van der Waals surface area contributed by atoms with Gasteiger partial charge in [0.15, 0.2) is 0 Å². The van der Waals surface area contributed by atoms with Gasteiger partial charge in [-0.25, -0.2) is 0 Å². The molecule has 0 atom stereocenters. The van der Waals surface area contributed by atoms with Crippen LogP contribution in [0.2, 0.25) is 0 Å². The molecule has 0 unspecified atom stereocenters. The zero-order valence-electron chi connectivity index (χ0n) is 7.02. The van der Waals surface area contributed by atoms with Gasteiger partial charge >= 0.3 is 5.97 Å². The van der Waals surface area contributed by atoms with Gasteiger partial charge in [-0.2, -0.15) is 0 Å². The van der Waals surface area contributed by atoms with E-state index in [-0.39, 0.29) is 5.97 Å². The van der Waals surface area contributed by atoms with Gasteiger partial charge in [-0.1, -0.05) is 13.8 Å². The van der Waals surface area contributed by atoms with Crippen LogP contribution in [0.5, 0.6) is 0 Å². The Morgan fingerprint density at radius 2 is 2.00 bits per heavy atom. The fourth-order valence-electron chi connectivity index (χ4n) is 0.299. The molecule has 0 spiro atoms. The third kappa shape index (κ3) is 15.7. The fraction of sp³-hybridized carbons (Fsp3) is 0.857. The SMILES string of the molecule is CC.CC(=O)OCCCN. The lowest BCUT2D eigenvalue weighted by atomic mass is 10.5. The van der Waals surface area contributed by atoms with Gasteiger partial charge in [-0.15, -0.1) is 0 Å². The number of hydrogen-bond donors (Lipinski definition) is 1. The normalized spacial score (nSPS) is 7.60. The van der Waals surface area contributed by atoms with Crippen molar-refractivity contribution in [3.63, 3.8) is 0 Å². The van der Waals surface area contributed by atoms with Crippen LogP contribution in [0.4, 0.5) is 0 Å².